The lowest BCUT2D eigenvalue weighted by Crippen LogP contribution is -2.68. The second-order valence-electron chi connectivity index (χ2n) is 9.50. The number of fused-ring (bicyclic) bond motifs is 3. The Morgan fingerprint density at radius 1 is 1.17 bits per heavy atom. The lowest BCUT2D eigenvalue weighted by atomic mass is 9.53. The topological polar surface area (TPSA) is 181 Å². The van der Waals surface area contributed by atoms with Gasteiger partial charge >= 0.3 is 5.97 Å². The van der Waals surface area contributed by atoms with Gasteiger partial charge in [0.05, 0.1) is 18.1 Å². The van der Waals surface area contributed by atoms with Crippen molar-refractivity contribution in [1.29, 1.82) is 0 Å². The van der Waals surface area contributed by atoms with Crippen LogP contribution >= 0.6 is 0 Å². The molecule has 4 rings (SSSR count). The van der Waals surface area contributed by atoms with E-state index in [1.807, 2.05) is 0 Å². The van der Waals surface area contributed by atoms with Crippen LogP contribution in [0.2, 0.25) is 0 Å². The number of phenolic OH excluding ortho intramolecular Hbond substituents is 1. The molecule has 11 nitrogen and oxygen atoms in total. The number of ether oxygens (including phenoxy) is 1. The van der Waals surface area contributed by atoms with Crippen molar-refractivity contribution in [1.82, 2.24) is 0 Å². The van der Waals surface area contributed by atoms with Gasteiger partial charge in [-0.05, 0) is 37.3 Å². The molecule has 186 valence electrons. The van der Waals surface area contributed by atoms with Crippen LogP contribution in [-0.4, -0.2) is 71.5 Å². The molecule has 0 radical (unpaired) electrons. The number of carbonyl (C=O) groups is 6. The van der Waals surface area contributed by atoms with Gasteiger partial charge in [0.25, 0.3) is 0 Å². The van der Waals surface area contributed by atoms with Crippen molar-refractivity contribution in [2.75, 3.05) is 25.6 Å². The fraction of sp³-hybridized carbons (Fsp3) is 0.500. The van der Waals surface area contributed by atoms with Crippen LogP contribution in [0.4, 0.5) is 5.69 Å². The molecule has 2 fully saturated rings. The van der Waals surface area contributed by atoms with E-state index in [9.17, 15) is 39.0 Å². The first-order valence-electron chi connectivity index (χ1n) is 11.3. The van der Waals surface area contributed by atoms with Gasteiger partial charge in [0.1, 0.15) is 11.3 Å². The first-order valence-corrected chi connectivity index (χ1v) is 11.3. The molecule has 0 spiro atoms. The highest BCUT2D eigenvalue weighted by molar-refractivity contribution is 6.31. The summed E-state index contributed by atoms with van der Waals surface area (Å²) in [5.74, 6) is -12.1. The molecular formula is C24H26N2O9. The molecule has 2 unspecified atom stereocenters. The van der Waals surface area contributed by atoms with Gasteiger partial charge in [-0.15, -0.1) is 0 Å². The highest BCUT2D eigenvalue weighted by Crippen LogP contribution is 2.51. The number of phenols is 1. The number of Topliss-reactive ketones (excluding diaryl/α,β-unsaturated/α-hetero) is 4. The van der Waals surface area contributed by atoms with E-state index in [0.717, 1.165) is 0 Å². The molecular weight excluding hydrogens is 460 g/mol. The third-order valence-electron chi connectivity index (χ3n) is 7.36. The lowest BCUT2D eigenvalue weighted by molar-refractivity contribution is -0.175. The summed E-state index contributed by atoms with van der Waals surface area (Å²) in [6.07, 6.45) is -0.288. The number of rotatable bonds is 4. The van der Waals surface area contributed by atoms with E-state index in [4.69, 9.17) is 10.5 Å². The van der Waals surface area contributed by atoms with E-state index >= 15 is 0 Å². The average Bonchev–Trinajstić information content (AvgIpc) is 2.76. The first-order chi connectivity index (χ1) is 16.4. The summed E-state index contributed by atoms with van der Waals surface area (Å²) < 4.78 is 4.99. The number of esters is 1. The molecule has 0 heterocycles. The highest BCUT2D eigenvalue weighted by atomic mass is 16.5. The number of primary amides is 1. The van der Waals surface area contributed by atoms with Crippen LogP contribution in [0, 0.1) is 23.7 Å². The number of anilines is 1. The molecule has 1 amide bonds. The predicted molar refractivity (Wildman–Crippen MR) is 119 cm³/mol. The van der Waals surface area contributed by atoms with Crippen molar-refractivity contribution in [3.63, 3.8) is 0 Å². The summed E-state index contributed by atoms with van der Waals surface area (Å²) >= 11 is 0. The second-order valence-corrected chi connectivity index (χ2v) is 9.50. The normalized spacial score (nSPS) is 29.7. The van der Waals surface area contributed by atoms with Crippen LogP contribution < -0.4 is 10.6 Å². The zero-order valence-electron chi connectivity index (χ0n) is 19.5. The number of aromatic hydroxyl groups is 1. The molecule has 2 saturated carbocycles. The Morgan fingerprint density at radius 2 is 1.83 bits per heavy atom. The third kappa shape index (κ3) is 3.36. The zero-order chi connectivity index (χ0) is 26.0. The summed E-state index contributed by atoms with van der Waals surface area (Å²) in [6.45, 7) is 1.61. The molecule has 3 aliphatic rings. The number of ketones is 4. The number of benzene rings is 1. The average molecular weight is 486 g/mol. The van der Waals surface area contributed by atoms with Gasteiger partial charge in [0, 0.05) is 32.1 Å². The third-order valence-corrected chi connectivity index (χ3v) is 7.36. The molecule has 3 aliphatic carbocycles. The number of hydrogen-bond donors (Lipinski definition) is 3. The fourth-order valence-electron chi connectivity index (χ4n) is 5.78. The molecule has 0 aliphatic heterocycles. The summed E-state index contributed by atoms with van der Waals surface area (Å²) in [6, 6.07) is 1.41. The van der Waals surface area contributed by atoms with E-state index in [2.05, 4.69) is 0 Å². The summed E-state index contributed by atoms with van der Waals surface area (Å²) in [5, 5.41) is 22.1. The fourth-order valence-corrected chi connectivity index (χ4v) is 5.78. The molecule has 11 heteroatoms. The number of nitrogens with zero attached hydrogens (tertiary/aromatic N) is 1. The molecule has 35 heavy (non-hydrogen) atoms. The largest absolute Gasteiger partial charge is 0.506 e. The maximum atomic E-state index is 13.7. The number of amides is 1. The number of hydrogen-bond acceptors (Lipinski definition) is 10. The van der Waals surface area contributed by atoms with Crippen molar-refractivity contribution in [3.05, 3.63) is 22.8 Å². The summed E-state index contributed by atoms with van der Waals surface area (Å²) in [4.78, 5) is 78.4. The van der Waals surface area contributed by atoms with Gasteiger partial charge in [-0.3, -0.25) is 24.0 Å². The number of nitrogens with two attached hydrogens (primary N) is 1. The Hall–Kier alpha value is -3.60. The maximum Gasteiger partial charge on any atom is 0.342 e. The number of carbonyl (C=O) groups excluding carboxylic acids is 6. The van der Waals surface area contributed by atoms with Gasteiger partial charge in [0.15, 0.2) is 34.7 Å². The molecule has 0 saturated heterocycles. The monoisotopic (exact) mass is 486 g/mol. The number of aliphatic hydroxyl groups is 1. The van der Waals surface area contributed by atoms with Crippen molar-refractivity contribution in [3.8, 4) is 5.75 Å². The van der Waals surface area contributed by atoms with Crippen LogP contribution in [0.3, 0.4) is 0 Å². The van der Waals surface area contributed by atoms with Gasteiger partial charge in [-0.1, -0.05) is 0 Å². The summed E-state index contributed by atoms with van der Waals surface area (Å²) in [5.41, 5.74) is 2.83. The minimum absolute atomic E-state index is 0.00565. The Kier molecular flexibility index (Phi) is 5.79. The minimum Gasteiger partial charge on any atom is -0.506 e. The molecule has 0 bridgehead atoms. The van der Waals surface area contributed by atoms with Crippen LogP contribution in [0.5, 0.6) is 5.75 Å². The molecule has 0 aromatic heterocycles. The van der Waals surface area contributed by atoms with Crippen molar-refractivity contribution >= 4 is 40.7 Å². The lowest BCUT2D eigenvalue weighted by Gasteiger charge is -2.48. The van der Waals surface area contributed by atoms with Crippen LogP contribution in [0.25, 0.3) is 0 Å². The second kappa shape index (κ2) is 8.26. The van der Waals surface area contributed by atoms with Gasteiger partial charge in [-0.25, -0.2) is 4.79 Å². The van der Waals surface area contributed by atoms with Crippen molar-refractivity contribution in [2.45, 2.75) is 31.8 Å². The molecule has 1 aromatic carbocycles. The van der Waals surface area contributed by atoms with Crippen LogP contribution in [-0.2, 0) is 30.3 Å². The van der Waals surface area contributed by atoms with E-state index in [0.29, 0.717) is 11.3 Å². The zero-order valence-corrected chi connectivity index (χ0v) is 19.5. The highest BCUT2D eigenvalue weighted by Gasteiger charge is 2.66. The molecule has 4 N–H and O–H groups in total. The van der Waals surface area contributed by atoms with E-state index in [1.165, 1.54) is 6.07 Å². The van der Waals surface area contributed by atoms with Crippen molar-refractivity contribution in [2.24, 2.45) is 29.4 Å². The quantitative estimate of drug-likeness (QED) is 0.373. The summed E-state index contributed by atoms with van der Waals surface area (Å²) in [7, 11) is 3.37. The van der Waals surface area contributed by atoms with Crippen molar-refractivity contribution < 1.29 is 43.7 Å². The first kappa shape index (κ1) is 24.5. The van der Waals surface area contributed by atoms with E-state index in [-0.39, 0.29) is 30.6 Å². The van der Waals surface area contributed by atoms with E-state index < -0.39 is 76.5 Å². The molecule has 5 atom stereocenters. The van der Waals surface area contributed by atoms with Crippen LogP contribution in [0.15, 0.2) is 6.07 Å². The Morgan fingerprint density at radius 3 is 2.40 bits per heavy atom. The van der Waals surface area contributed by atoms with Gasteiger partial charge < -0.3 is 25.6 Å². The van der Waals surface area contributed by atoms with Gasteiger partial charge in [0.2, 0.25) is 5.91 Å². The SMILES string of the molecule is CCOC(=O)c1cc(N(C)C)c2c(c1O)C(=O)C1C(=O)[C@]3(O)C(=O)C(C(N)=O)C(=O)C[C@@H]3C[C@@H]1C2. The standard InChI is InChI=1S/C24H26N2O9/c1-4-35-23(33)12-8-13(26(2)3)11-6-9-5-10-7-14(27)17(22(25)32)21(31)24(10,34)20(30)15(9)19(29)16(11)18(12)28/h8-10,15,17,28,34H,4-7H2,1-3H3,(H2,25,32)/t9-,10+,15?,17?,24+/m1/s1. The maximum absolute atomic E-state index is 13.7. The van der Waals surface area contributed by atoms with Crippen LogP contribution in [0.1, 0.15) is 46.0 Å². The smallest absolute Gasteiger partial charge is 0.342 e. The minimum atomic E-state index is -2.72. The van der Waals surface area contributed by atoms with Gasteiger partial charge in [-0.2, -0.15) is 0 Å². The molecule has 1 aromatic rings. The Labute approximate surface area is 200 Å². The predicted octanol–water partition coefficient (Wildman–Crippen LogP) is -0.430. The van der Waals surface area contributed by atoms with E-state index in [1.54, 1.807) is 25.9 Å². The Bertz CT molecular complexity index is 1200. The Balaban J connectivity index is 1.86.